The van der Waals surface area contributed by atoms with E-state index in [1.807, 2.05) is 17.8 Å². The Bertz CT molecular complexity index is 443. The molecule has 1 saturated heterocycles. The van der Waals surface area contributed by atoms with Gasteiger partial charge in [-0.3, -0.25) is 4.79 Å². The standard InChI is InChI=1S/C16H26N4OS/c1-2-3-11-22-12-7-15(21)19-14-6-4-10-20(13-14)16-17-8-5-9-18-16/h5,8-9,14H,2-4,6-7,10-13H2,1H3,(H,19,21)/t14-/m1/s1. The van der Waals surface area contributed by atoms with Gasteiger partial charge in [-0.15, -0.1) is 0 Å². The van der Waals surface area contributed by atoms with Crippen molar-refractivity contribution >= 4 is 23.6 Å². The second kappa shape index (κ2) is 9.66. The summed E-state index contributed by atoms with van der Waals surface area (Å²) in [5, 5.41) is 3.16. The van der Waals surface area contributed by atoms with Crippen molar-refractivity contribution in [3.8, 4) is 0 Å². The van der Waals surface area contributed by atoms with Crippen molar-refractivity contribution in [1.29, 1.82) is 0 Å². The Balaban J connectivity index is 1.70. The third kappa shape index (κ3) is 5.83. The molecule has 1 aliphatic rings. The summed E-state index contributed by atoms with van der Waals surface area (Å²) in [5.74, 6) is 3.01. The van der Waals surface area contributed by atoms with Gasteiger partial charge in [0.25, 0.3) is 0 Å². The predicted molar refractivity (Wildman–Crippen MR) is 92.3 cm³/mol. The lowest BCUT2D eigenvalue weighted by Gasteiger charge is -2.33. The summed E-state index contributed by atoms with van der Waals surface area (Å²) >= 11 is 1.87. The Morgan fingerprint density at radius 3 is 3.00 bits per heavy atom. The number of nitrogens with zero attached hydrogens (tertiary/aromatic N) is 3. The summed E-state index contributed by atoms with van der Waals surface area (Å²) in [6.07, 6.45) is 8.70. The van der Waals surface area contributed by atoms with Gasteiger partial charge in [-0.25, -0.2) is 9.97 Å². The van der Waals surface area contributed by atoms with E-state index in [4.69, 9.17) is 0 Å². The maximum atomic E-state index is 12.0. The summed E-state index contributed by atoms with van der Waals surface area (Å²) in [4.78, 5) is 22.8. The number of carbonyl (C=O) groups is 1. The zero-order valence-electron chi connectivity index (χ0n) is 13.3. The average molecular weight is 322 g/mol. The first-order chi connectivity index (χ1) is 10.8. The molecule has 1 fully saturated rings. The van der Waals surface area contributed by atoms with Gasteiger partial charge in [0.05, 0.1) is 0 Å². The monoisotopic (exact) mass is 322 g/mol. The van der Waals surface area contributed by atoms with E-state index in [-0.39, 0.29) is 11.9 Å². The summed E-state index contributed by atoms with van der Waals surface area (Å²) in [7, 11) is 0. The van der Waals surface area contributed by atoms with Crippen LogP contribution in [-0.2, 0) is 4.79 Å². The zero-order valence-corrected chi connectivity index (χ0v) is 14.1. The van der Waals surface area contributed by atoms with Crippen LogP contribution in [0.2, 0.25) is 0 Å². The van der Waals surface area contributed by atoms with E-state index in [1.54, 1.807) is 12.4 Å². The number of hydrogen-bond donors (Lipinski definition) is 1. The van der Waals surface area contributed by atoms with Crippen LogP contribution in [0.5, 0.6) is 0 Å². The smallest absolute Gasteiger partial charge is 0.225 e. The van der Waals surface area contributed by atoms with E-state index < -0.39 is 0 Å². The fourth-order valence-corrected chi connectivity index (χ4v) is 3.57. The summed E-state index contributed by atoms with van der Waals surface area (Å²) in [6, 6.07) is 2.04. The van der Waals surface area contributed by atoms with Crippen molar-refractivity contribution in [2.45, 2.75) is 45.1 Å². The molecule has 0 radical (unpaired) electrons. The average Bonchev–Trinajstić information content (AvgIpc) is 2.56. The van der Waals surface area contributed by atoms with Crippen molar-refractivity contribution in [3.05, 3.63) is 18.5 Å². The van der Waals surface area contributed by atoms with Gasteiger partial charge in [0, 0.05) is 43.7 Å². The van der Waals surface area contributed by atoms with Crippen molar-refractivity contribution < 1.29 is 4.79 Å². The van der Waals surface area contributed by atoms with E-state index in [0.717, 1.165) is 43.4 Å². The van der Waals surface area contributed by atoms with Crippen LogP contribution < -0.4 is 10.2 Å². The number of unbranched alkanes of at least 4 members (excludes halogenated alkanes) is 1. The Labute approximate surface area is 137 Å². The Hall–Kier alpha value is -1.30. The van der Waals surface area contributed by atoms with Gasteiger partial charge in [-0.05, 0) is 31.1 Å². The lowest BCUT2D eigenvalue weighted by molar-refractivity contribution is -0.121. The summed E-state index contributed by atoms with van der Waals surface area (Å²) < 4.78 is 0. The zero-order chi connectivity index (χ0) is 15.6. The number of anilines is 1. The molecule has 6 heteroatoms. The van der Waals surface area contributed by atoms with Crippen molar-refractivity contribution in [2.24, 2.45) is 0 Å². The third-order valence-electron chi connectivity index (χ3n) is 3.74. The molecule has 1 N–H and O–H groups in total. The molecule has 2 heterocycles. The molecule has 0 aromatic carbocycles. The highest BCUT2D eigenvalue weighted by Gasteiger charge is 2.22. The van der Waals surface area contributed by atoms with Crippen molar-refractivity contribution in [2.75, 3.05) is 29.5 Å². The van der Waals surface area contributed by atoms with E-state index in [2.05, 4.69) is 27.1 Å². The number of hydrogen-bond acceptors (Lipinski definition) is 5. The first kappa shape index (κ1) is 17.1. The lowest BCUT2D eigenvalue weighted by atomic mass is 10.1. The van der Waals surface area contributed by atoms with Crippen LogP contribution in [0.4, 0.5) is 5.95 Å². The maximum Gasteiger partial charge on any atom is 0.225 e. The van der Waals surface area contributed by atoms with Gasteiger partial charge in [-0.1, -0.05) is 13.3 Å². The number of piperidine rings is 1. The normalized spacial score (nSPS) is 18.2. The van der Waals surface area contributed by atoms with Crippen LogP contribution in [0, 0.1) is 0 Å². The minimum Gasteiger partial charge on any atom is -0.352 e. The number of carbonyl (C=O) groups excluding carboxylic acids is 1. The van der Waals surface area contributed by atoms with Gasteiger partial charge in [0.2, 0.25) is 11.9 Å². The lowest BCUT2D eigenvalue weighted by Crippen LogP contribution is -2.48. The first-order valence-corrected chi connectivity index (χ1v) is 9.34. The number of amides is 1. The van der Waals surface area contributed by atoms with Crippen LogP contribution >= 0.6 is 11.8 Å². The molecule has 0 unspecified atom stereocenters. The van der Waals surface area contributed by atoms with E-state index >= 15 is 0 Å². The van der Waals surface area contributed by atoms with E-state index in [9.17, 15) is 4.79 Å². The van der Waals surface area contributed by atoms with Crippen molar-refractivity contribution in [3.63, 3.8) is 0 Å². The molecule has 1 aromatic heterocycles. The maximum absolute atomic E-state index is 12.0. The molecular weight excluding hydrogens is 296 g/mol. The molecule has 22 heavy (non-hydrogen) atoms. The van der Waals surface area contributed by atoms with Gasteiger partial charge in [0.1, 0.15) is 0 Å². The fraction of sp³-hybridized carbons (Fsp3) is 0.688. The molecule has 0 saturated carbocycles. The molecule has 122 valence electrons. The predicted octanol–water partition coefficient (Wildman–Crippen LogP) is 2.49. The van der Waals surface area contributed by atoms with Crippen LogP contribution in [0.1, 0.15) is 39.0 Å². The number of nitrogens with one attached hydrogen (secondary N) is 1. The Morgan fingerprint density at radius 2 is 2.23 bits per heavy atom. The molecule has 1 aliphatic heterocycles. The van der Waals surface area contributed by atoms with E-state index in [1.165, 1.54) is 12.8 Å². The molecule has 5 nitrogen and oxygen atoms in total. The van der Waals surface area contributed by atoms with Crippen LogP contribution in [0.25, 0.3) is 0 Å². The quantitative estimate of drug-likeness (QED) is 0.745. The topological polar surface area (TPSA) is 58.1 Å². The molecular formula is C16H26N4OS. The highest BCUT2D eigenvalue weighted by Crippen LogP contribution is 2.15. The minimum atomic E-state index is 0.171. The number of aromatic nitrogens is 2. The highest BCUT2D eigenvalue weighted by atomic mass is 32.2. The minimum absolute atomic E-state index is 0.171. The molecule has 0 spiro atoms. The summed E-state index contributed by atoms with van der Waals surface area (Å²) in [5.41, 5.74) is 0. The number of thioether (sulfide) groups is 1. The van der Waals surface area contributed by atoms with Gasteiger partial charge < -0.3 is 10.2 Å². The first-order valence-electron chi connectivity index (χ1n) is 8.18. The molecule has 2 rings (SSSR count). The molecule has 1 atom stereocenters. The third-order valence-corrected chi connectivity index (χ3v) is 4.81. The molecule has 1 amide bonds. The fourth-order valence-electron chi connectivity index (χ4n) is 2.54. The molecule has 1 aromatic rings. The van der Waals surface area contributed by atoms with Crippen LogP contribution in [-0.4, -0.2) is 46.5 Å². The second-order valence-electron chi connectivity index (χ2n) is 5.62. The summed E-state index contributed by atoms with van der Waals surface area (Å²) in [6.45, 7) is 3.96. The van der Waals surface area contributed by atoms with Gasteiger partial charge in [0.15, 0.2) is 0 Å². The van der Waals surface area contributed by atoms with Crippen molar-refractivity contribution in [1.82, 2.24) is 15.3 Å². The number of rotatable bonds is 8. The van der Waals surface area contributed by atoms with Gasteiger partial charge >= 0.3 is 0 Å². The van der Waals surface area contributed by atoms with Gasteiger partial charge in [-0.2, -0.15) is 11.8 Å². The molecule has 0 aliphatic carbocycles. The van der Waals surface area contributed by atoms with E-state index in [0.29, 0.717) is 6.42 Å². The SMILES string of the molecule is CCCCSCCC(=O)N[C@@H]1CCCN(c2ncccn2)C1. The second-order valence-corrected chi connectivity index (χ2v) is 6.84. The van der Waals surface area contributed by atoms with Crippen LogP contribution in [0.3, 0.4) is 0 Å². The molecule has 0 bridgehead atoms. The largest absolute Gasteiger partial charge is 0.352 e. The van der Waals surface area contributed by atoms with Crippen LogP contribution in [0.15, 0.2) is 18.5 Å². The Kier molecular flexibility index (Phi) is 7.49. The highest BCUT2D eigenvalue weighted by molar-refractivity contribution is 7.99. The Morgan fingerprint density at radius 1 is 1.41 bits per heavy atom.